The molecule has 0 bridgehead atoms. The minimum Gasteiger partial charge on any atom is -0.449 e. The van der Waals surface area contributed by atoms with Crippen molar-refractivity contribution in [3.63, 3.8) is 0 Å². The lowest BCUT2D eigenvalue weighted by molar-refractivity contribution is -0.921. The summed E-state index contributed by atoms with van der Waals surface area (Å²) in [5.41, 5.74) is -0.258. The number of carbonyl (C=O) groups excluding carboxylic acids is 1. The number of ether oxygens (including phenoxy) is 3. The number of morpholine rings is 1. The monoisotopic (exact) mass is 586 g/mol. The van der Waals surface area contributed by atoms with Gasteiger partial charge in [0, 0.05) is 0 Å². The van der Waals surface area contributed by atoms with Gasteiger partial charge in [-0.2, -0.15) is 13.2 Å². The molecule has 0 saturated carbocycles. The summed E-state index contributed by atoms with van der Waals surface area (Å²) in [5, 5.41) is -0.162. The summed E-state index contributed by atoms with van der Waals surface area (Å²) in [7, 11) is 0. The summed E-state index contributed by atoms with van der Waals surface area (Å²) in [6.45, 7) is 4.02. The molecule has 7 nitrogen and oxygen atoms in total. The van der Waals surface area contributed by atoms with Crippen molar-refractivity contribution >= 4 is 16.9 Å². The quantitative estimate of drug-likeness (QED) is 0.171. The van der Waals surface area contributed by atoms with Crippen LogP contribution in [-0.2, 0) is 23.9 Å². The van der Waals surface area contributed by atoms with Crippen molar-refractivity contribution in [3.8, 4) is 17.2 Å². The first-order chi connectivity index (χ1) is 20.1. The number of carbonyl (C=O) groups is 1. The molecule has 220 valence electrons. The summed E-state index contributed by atoms with van der Waals surface area (Å²) < 4.78 is 78.2. The molecule has 4 aromatic rings. The highest BCUT2D eigenvalue weighted by molar-refractivity contribution is 5.92. The molecule has 0 spiro atoms. The minimum absolute atomic E-state index is 0.0345. The van der Waals surface area contributed by atoms with Crippen LogP contribution >= 0.6 is 0 Å². The molecule has 3 aromatic carbocycles. The van der Waals surface area contributed by atoms with Crippen molar-refractivity contribution in [1.29, 1.82) is 0 Å². The van der Waals surface area contributed by atoms with Gasteiger partial charge in [0.2, 0.25) is 11.2 Å². The van der Waals surface area contributed by atoms with Gasteiger partial charge in [-0.15, -0.1) is 0 Å². The van der Waals surface area contributed by atoms with E-state index in [2.05, 4.69) is 0 Å². The first-order valence-corrected chi connectivity index (χ1v) is 13.5. The lowest BCUT2D eigenvalue weighted by Crippen LogP contribution is -3.12. The second-order valence-corrected chi connectivity index (χ2v) is 9.94. The first-order valence-electron chi connectivity index (χ1n) is 13.5. The fraction of sp³-hybridized carbons (Fsp3) is 0.290. The topological polar surface area (TPSA) is 79.4 Å². The van der Waals surface area contributed by atoms with Gasteiger partial charge < -0.3 is 23.5 Å². The number of aryl methyl sites for hydroxylation is 1. The first kappa shape index (κ1) is 29.3. The Hall–Kier alpha value is -4.22. The van der Waals surface area contributed by atoms with E-state index in [1.54, 1.807) is 12.1 Å². The number of halogens is 4. The third kappa shape index (κ3) is 6.47. The van der Waals surface area contributed by atoms with E-state index in [0.717, 1.165) is 35.4 Å². The molecule has 42 heavy (non-hydrogen) atoms. The number of esters is 1. The van der Waals surface area contributed by atoms with E-state index in [1.165, 1.54) is 36.4 Å². The van der Waals surface area contributed by atoms with Crippen LogP contribution in [0, 0.1) is 5.82 Å². The van der Waals surface area contributed by atoms with Crippen molar-refractivity contribution in [1.82, 2.24) is 0 Å². The second-order valence-electron chi connectivity index (χ2n) is 9.94. The number of rotatable bonds is 8. The van der Waals surface area contributed by atoms with Crippen LogP contribution in [0.2, 0.25) is 0 Å². The molecule has 0 radical (unpaired) electrons. The number of hydrogen-bond donors (Lipinski definition) is 1. The van der Waals surface area contributed by atoms with E-state index in [-0.39, 0.29) is 40.1 Å². The highest BCUT2D eigenvalue weighted by Crippen LogP contribution is 2.40. The highest BCUT2D eigenvalue weighted by Gasteiger charge is 2.41. The number of fused-ring (bicyclic) bond motifs is 1. The van der Waals surface area contributed by atoms with E-state index in [4.69, 9.17) is 18.6 Å². The van der Waals surface area contributed by atoms with Crippen molar-refractivity contribution in [2.45, 2.75) is 32.5 Å². The molecule has 0 unspecified atom stereocenters. The largest absolute Gasteiger partial charge is 0.453 e. The van der Waals surface area contributed by atoms with E-state index in [1.807, 2.05) is 6.92 Å². The minimum atomic E-state index is -5.07. The van der Waals surface area contributed by atoms with Gasteiger partial charge in [-0.3, -0.25) is 4.79 Å². The molecule has 11 heteroatoms. The maximum Gasteiger partial charge on any atom is 0.453 e. The third-order valence-electron chi connectivity index (χ3n) is 6.93. The number of benzene rings is 3. The molecule has 1 aliphatic heterocycles. The molecule has 5 rings (SSSR count). The molecule has 1 N–H and O–H groups in total. The van der Waals surface area contributed by atoms with Crippen LogP contribution in [0.1, 0.15) is 40.6 Å². The zero-order chi connectivity index (χ0) is 29.9. The normalized spacial score (nSPS) is 14.2. The highest BCUT2D eigenvalue weighted by atomic mass is 19.4. The van der Waals surface area contributed by atoms with E-state index in [9.17, 15) is 27.2 Å². The Balaban J connectivity index is 1.62. The molecule has 2 heterocycles. The van der Waals surface area contributed by atoms with Crippen molar-refractivity contribution in [2.75, 3.05) is 26.3 Å². The average molecular weight is 587 g/mol. The van der Waals surface area contributed by atoms with Crippen LogP contribution in [0.25, 0.3) is 11.0 Å². The standard InChI is InChI=1S/C31H27F4NO6/c1-2-3-19-4-10-22(11-5-19)40-28-26(37)23-12-13-25(41-30(38)20-6-8-21(32)9-7-20)24(18-36-14-16-39-17-15-36)27(23)42-29(28)31(33,34)35/h4-13H,2-3,14-18H2,1H3/p+1. The fourth-order valence-corrected chi connectivity index (χ4v) is 4.78. The average Bonchev–Trinajstić information content (AvgIpc) is 2.97. The zero-order valence-corrected chi connectivity index (χ0v) is 22.7. The number of nitrogens with one attached hydrogen (secondary N) is 1. The SMILES string of the molecule is CCCc1ccc(Oc2c(C(F)(F)F)oc3c(C[NH+]4CCOCC4)c(OC(=O)c4ccc(F)cc4)ccc3c2=O)cc1. The predicted molar refractivity (Wildman–Crippen MR) is 145 cm³/mol. The molecule has 1 aliphatic rings. The number of hydrogen-bond acceptors (Lipinski definition) is 6. The van der Waals surface area contributed by atoms with Crippen LogP contribution in [-0.4, -0.2) is 32.3 Å². The third-order valence-corrected chi connectivity index (χ3v) is 6.93. The predicted octanol–water partition coefficient (Wildman–Crippen LogP) is 5.33. The Labute approximate surface area is 238 Å². The van der Waals surface area contributed by atoms with Crippen molar-refractivity contribution < 1.29 is 45.9 Å². The summed E-state index contributed by atoms with van der Waals surface area (Å²) in [6.07, 6.45) is -3.40. The lowest BCUT2D eigenvalue weighted by atomic mass is 10.1. The van der Waals surface area contributed by atoms with Gasteiger partial charge in [0.05, 0.1) is 29.7 Å². The van der Waals surface area contributed by atoms with Gasteiger partial charge in [0.25, 0.3) is 5.76 Å². The summed E-state index contributed by atoms with van der Waals surface area (Å²) in [4.78, 5) is 27.3. The van der Waals surface area contributed by atoms with Gasteiger partial charge in [-0.1, -0.05) is 25.5 Å². The molecule has 0 amide bonds. The Morgan fingerprint density at radius 1 is 0.976 bits per heavy atom. The summed E-state index contributed by atoms with van der Waals surface area (Å²) >= 11 is 0. The molecular weight excluding hydrogens is 558 g/mol. The van der Waals surface area contributed by atoms with Crippen molar-refractivity contribution in [2.24, 2.45) is 0 Å². The molecule has 1 saturated heterocycles. The molecule has 0 aliphatic carbocycles. The second kappa shape index (κ2) is 12.3. The van der Waals surface area contributed by atoms with Gasteiger partial charge >= 0.3 is 12.1 Å². The van der Waals surface area contributed by atoms with Gasteiger partial charge in [-0.05, 0) is 60.5 Å². The Kier molecular flexibility index (Phi) is 8.60. The molecule has 1 aromatic heterocycles. The van der Waals surface area contributed by atoms with E-state index in [0.29, 0.717) is 26.3 Å². The van der Waals surface area contributed by atoms with Gasteiger partial charge in [0.1, 0.15) is 37.0 Å². The van der Waals surface area contributed by atoms with Crippen molar-refractivity contribution in [3.05, 3.63) is 99.2 Å². The Morgan fingerprint density at radius 3 is 2.31 bits per heavy atom. The maximum atomic E-state index is 14.3. The Morgan fingerprint density at radius 2 is 1.67 bits per heavy atom. The van der Waals surface area contributed by atoms with Crippen LogP contribution in [0.4, 0.5) is 17.6 Å². The maximum absolute atomic E-state index is 14.3. The fourth-order valence-electron chi connectivity index (χ4n) is 4.78. The number of quaternary nitrogens is 1. The summed E-state index contributed by atoms with van der Waals surface area (Å²) in [6, 6.07) is 13.7. The molecule has 1 fully saturated rings. The lowest BCUT2D eigenvalue weighted by Gasteiger charge is -2.25. The van der Waals surface area contributed by atoms with E-state index < -0.39 is 34.9 Å². The molecule has 0 atom stereocenters. The van der Waals surface area contributed by atoms with Crippen LogP contribution in [0.15, 0.2) is 69.9 Å². The number of alkyl halides is 3. The smallest absolute Gasteiger partial charge is 0.449 e. The summed E-state index contributed by atoms with van der Waals surface area (Å²) in [5.74, 6) is -4.01. The van der Waals surface area contributed by atoms with E-state index >= 15 is 0 Å². The zero-order valence-electron chi connectivity index (χ0n) is 22.7. The van der Waals surface area contributed by atoms with Gasteiger partial charge in [-0.25, -0.2) is 9.18 Å². The van der Waals surface area contributed by atoms with Gasteiger partial charge in [0.15, 0.2) is 5.58 Å². The van der Waals surface area contributed by atoms with Crippen LogP contribution < -0.4 is 19.8 Å². The molecular formula is C31H28F4NO6+. The van der Waals surface area contributed by atoms with Crippen LogP contribution in [0.5, 0.6) is 17.2 Å². The Bertz CT molecular complexity index is 1630. The van der Waals surface area contributed by atoms with Crippen LogP contribution in [0.3, 0.4) is 0 Å².